The average Bonchev–Trinajstić information content (AvgIpc) is 3.14. The maximum atomic E-state index is 13.1. The molecule has 4 rings (SSSR count). The van der Waals surface area contributed by atoms with Crippen molar-refractivity contribution >= 4 is 73.5 Å². The number of carbonyl (C=O) groups excluding carboxylic acids is 1. The monoisotopic (exact) mass is 505 g/mol. The third kappa shape index (κ3) is 4.88. The lowest BCUT2D eigenvalue weighted by Gasteiger charge is -2.36. The molecule has 8 heteroatoms. The maximum Gasteiger partial charge on any atom is 0.265 e. The fourth-order valence-corrected chi connectivity index (χ4v) is 5.82. The zero-order valence-corrected chi connectivity index (χ0v) is 21.2. The molecular weight excluding hydrogens is 481 g/mol. The largest absolute Gasteiger partial charge is 0.345 e. The quantitative estimate of drug-likeness (QED) is 0.392. The second-order valence-corrected chi connectivity index (χ2v) is 10.3. The number of piperazine rings is 1. The molecule has 0 bridgehead atoms. The van der Waals surface area contributed by atoms with Gasteiger partial charge in [0, 0.05) is 47.0 Å². The van der Waals surface area contributed by atoms with Gasteiger partial charge in [-0.3, -0.25) is 4.79 Å². The summed E-state index contributed by atoms with van der Waals surface area (Å²) in [6, 6.07) is 14.0. The Bertz CT molecular complexity index is 1140. The van der Waals surface area contributed by atoms with Crippen LogP contribution in [0.4, 0.5) is 5.69 Å². The number of nitrogens with one attached hydrogen (secondary N) is 1. The van der Waals surface area contributed by atoms with Crippen molar-refractivity contribution in [2.45, 2.75) is 26.2 Å². The van der Waals surface area contributed by atoms with E-state index in [1.165, 1.54) is 16.9 Å². The number of thiophene rings is 1. The summed E-state index contributed by atoms with van der Waals surface area (Å²) in [5.41, 5.74) is 2.31. The van der Waals surface area contributed by atoms with E-state index in [1.807, 2.05) is 17.0 Å². The highest BCUT2D eigenvalue weighted by Gasteiger charge is 2.27. The molecule has 32 heavy (non-hydrogen) atoms. The molecule has 1 unspecified atom stereocenters. The highest BCUT2D eigenvalue weighted by atomic mass is 35.5. The van der Waals surface area contributed by atoms with Crippen LogP contribution in [0.5, 0.6) is 0 Å². The minimum Gasteiger partial charge on any atom is -0.345 e. The van der Waals surface area contributed by atoms with Crippen LogP contribution < -0.4 is 5.32 Å². The van der Waals surface area contributed by atoms with Crippen LogP contribution >= 0.6 is 46.8 Å². The van der Waals surface area contributed by atoms with E-state index in [4.69, 9.17) is 35.4 Å². The first-order valence-corrected chi connectivity index (χ1v) is 12.7. The number of carbonyl (C=O) groups is 1. The van der Waals surface area contributed by atoms with Crippen molar-refractivity contribution in [1.29, 1.82) is 0 Å². The van der Waals surface area contributed by atoms with Crippen LogP contribution in [0.1, 0.15) is 41.4 Å². The molecule has 0 aliphatic carbocycles. The molecule has 4 nitrogen and oxygen atoms in total. The molecule has 1 saturated heterocycles. The Morgan fingerprint density at radius 1 is 1.09 bits per heavy atom. The molecule has 1 N–H and O–H groups in total. The molecule has 0 saturated carbocycles. The van der Waals surface area contributed by atoms with Crippen molar-refractivity contribution in [3.05, 3.63) is 63.0 Å². The molecule has 1 aliphatic heterocycles. The number of benzene rings is 2. The number of nitrogens with zero attached hydrogens (tertiary/aromatic N) is 2. The standard InChI is InChI=1S/C24H25Cl2N3OS2/c1-3-15(2)16-4-7-18(8-5-16)27-24(31)29-12-10-28(11-13-29)23(30)22-21(26)19-9-6-17(25)14-20(19)32-22/h4-9,14-15H,3,10-13H2,1-2H3,(H,27,31). The van der Waals surface area contributed by atoms with Crippen molar-refractivity contribution in [2.75, 3.05) is 31.5 Å². The number of hydrogen-bond acceptors (Lipinski definition) is 3. The second kappa shape index (κ2) is 9.96. The van der Waals surface area contributed by atoms with E-state index in [2.05, 4.69) is 48.3 Å². The van der Waals surface area contributed by atoms with Gasteiger partial charge in [0.1, 0.15) is 4.88 Å². The zero-order chi connectivity index (χ0) is 22.8. The van der Waals surface area contributed by atoms with E-state index < -0.39 is 0 Å². The average molecular weight is 507 g/mol. The number of hydrogen-bond donors (Lipinski definition) is 1. The molecular formula is C24H25Cl2N3OS2. The zero-order valence-electron chi connectivity index (χ0n) is 18.0. The Kier molecular flexibility index (Phi) is 7.25. The molecule has 2 aromatic carbocycles. The maximum absolute atomic E-state index is 13.1. The third-order valence-electron chi connectivity index (χ3n) is 5.98. The normalized spacial score (nSPS) is 15.1. The second-order valence-electron chi connectivity index (χ2n) is 8.03. The van der Waals surface area contributed by atoms with Crippen molar-refractivity contribution < 1.29 is 4.79 Å². The van der Waals surface area contributed by atoms with Crippen molar-refractivity contribution in [1.82, 2.24) is 9.80 Å². The minimum absolute atomic E-state index is 0.0357. The van der Waals surface area contributed by atoms with Crippen molar-refractivity contribution in [2.24, 2.45) is 0 Å². The predicted octanol–water partition coefficient (Wildman–Crippen LogP) is 6.88. The smallest absolute Gasteiger partial charge is 0.265 e. The summed E-state index contributed by atoms with van der Waals surface area (Å²) >= 11 is 19.6. The Hall–Kier alpha value is -1.86. The van der Waals surface area contributed by atoms with Crippen LogP contribution in [0.15, 0.2) is 42.5 Å². The van der Waals surface area contributed by atoms with Crippen molar-refractivity contribution in [3.8, 4) is 0 Å². The predicted molar refractivity (Wildman–Crippen MR) is 141 cm³/mol. The first kappa shape index (κ1) is 23.3. The highest BCUT2D eigenvalue weighted by Crippen LogP contribution is 2.37. The van der Waals surface area contributed by atoms with Gasteiger partial charge in [0.05, 0.1) is 5.02 Å². The van der Waals surface area contributed by atoms with E-state index in [9.17, 15) is 4.79 Å². The van der Waals surface area contributed by atoms with Crippen LogP contribution in [-0.2, 0) is 0 Å². The van der Waals surface area contributed by atoms with E-state index >= 15 is 0 Å². The molecule has 1 amide bonds. The molecule has 2 heterocycles. The molecule has 3 aromatic rings. The van der Waals surface area contributed by atoms with Gasteiger partial charge in [0.2, 0.25) is 0 Å². The summed E-state index contributed by atoms with van der Waals surface area (Å²) in [6.07, 6.45) is 1.12. The number of rotatable bonds is 4. The molecule has 0 spiro atoms. The van der Waals surface area contributed by atoms with E-state index in [1.54, 1.807) is 6.07 Å². The Morgan fingerprint density at radius 2 is 1.75 bits per heavy atom. The Labute approximate surface area is 208 Å². The molecule has 1 fully saturated rings. The fourth-order valence-electron chi connectivity index (χ4n) is 3.77. The van der Waals surface area contributed by atoms with Gasteiger partial charge in [0.15, 0.2) is 5.11 Å². The first-order chi connectivity index (χ1) is 15.4. The van der Waals surface area contributed by atoms with Gasteiger partial charge in [-0.25, -0.2) is 0 Å². The van der Waals surface area contributed by atoms with Gasteiger partial charge in [-0.1, -0.05) is 55.2 Å². The SMILES string of the molecule is CCC(C)c1ccc(NC(=S)N2CCN(C(=O)c3sc4cc(Cl)ccc4c3Cl)CC2)cc1. The molecule has 1 atom stereocenters. The number of thiocarbonyl (C=S) groups is 1. The minimum atomic E-state index is -0.0357. The van der Waals surface area contributed by atoms with Gasteiger partial charge in [0.25, 0.3) is 5.91 Å². The van der Waals surface area contributed by atoms with Gasteiger partial charge in [-0.05, 0) is 54.4 Å². The van der Waals surface area contributed by atoms with E-state index in [-0.39, 0.29) is 5.91 Å². The Morgan fingerprint density at radius 3 is 2.41 bits per heavy atom. The third-order valence-corrected chi connectivity index (χ3v) is 8.22. The molecule has 0 radical (unpaired) electrons. The Balaban J connectivity index is 1.36. The summed E-state index contributed by atoms with van der Waals surface area (Å²) < 4.78 is 0.925. The summed E-state index contributed by atoms with van der Waals surface area (Å²) in [5, 5.41) is 6.02. The van der Waals surface area contributed by atoms with Crippen LogP contribution in [0.3, 0.4) is 0 Å². The summed E-state index contributed by atoms with van der Waals surface area (Å²) in [6.45, 7) is 6.97. The summed E-state index contributed by atoms with van der Waals surface area (Å²) in [7, 11) is 0. The van der Waals surface area contributed by atoms with Crippen molar-refractivity contribution in [3.63, 3.8) is 0 Å². The lowest BCUT2D eigenvalue weighted by Crippen LogP contribution is -2.51. The lowest BCUT2D eigenvalue weighted by atomic mass is 9.99. The fraction of sp³-hybridized carbons (Fsp3) is 0.333. The van der Waals surface area contributed by atoms with Gasteiger partial charge >= 0.3 is 0 Å². The topological polar surface area (TPSA) is 35.6 Å². The molecule has 1 aliphatic rings. The van der Waals surface area contributed by atoms with Gasteiger partial charge in [-0.15, -0.1) is 11.3 Å². The summed E-state index contributed by atoms with van der Waals surface area (Å²) in [4.78, 5) is 17.6. The van der Waals surface area contributed by atoms with Crippen LogP contribution in [0.2, 0.25) is 10.0 Å². The first-order valence-electron chi connectivity index (χ1n) is 10.7. The highest BCUT2D eigenvalue weighted by molar-refractivity contribution is 7.80. The molecule has 1 aromatic heterocycles. The number of fused-ring (bicyclic) bond motifs is 1. The number of anilines is 1. The van der Waals surface area contributed by atoms with Crippen LogP contribution in [0, 0.1) is 0 Å². The molecule has 168 valence electrons. The van der Waals surface area contributed by atoms with E-state index in [0.29, 0.717) is 52.1 Å². The summed E-state index contributed by atoms with van der Waals surface area (Å²) in [5.74, 6) is 0.513. The lowest BCUT2D eigenvalue weighted by molar-refractivity contribution is 0.0698. The number of halogens is 2. The van der Waals surface area contributed by atoms with E-state index in [0.717, 1.165) is 22.2 Å². The number of amides is 1. The van der Waals surface area contributed by atoms with Gasteiger partial charge < -0.3 is 15.1 Å². The van der Waals surface area contributed by atoms with Gasteiger partial charge in [-0.2, -0.15) is 0 Å². The van der Waals surface area contributed by atoms with Crippen LogP contribution in [0.25, 0.3) is 10.1 Å². The van der Waals surface area contributed by atoms with Crippen LogP contribution in [-0.4, -0.2) is 47.0 Å².